The summed E-state index contributed by atoms with van der Waals surface area (Å²) in [7, 11) is 3.02. The molecule has 3 rings (SSSR count). The highest BCUT2D eigenvalue weighted by atomic mass is 35.5. The maximum absolute atomic E-state index is 12.3. The average Bonchev–Trinajstić information content (AvgIpc) is 3.06. The first-order chi connectivity index (χ1) is 14.4. The second-order valence-electron chi connectivity index (χ2n) is 6.84. The van der Waals surface area contributed by atoms with Crippen LogP contribution in [0.1, 0.15) is 19.4 Å². The van der Waals surface area contributed by atoms with Gasteiger partial charge in [0.25, 0.3) is 0 Å². The highest BCUT2D eigenvalue weighted by Crippen LogP contribution is 2.28. The maximum atomic E-state index is 12.3. The summed E-state index contributed by atoms with van der Waals surface area (Å²) in [5.41, 5.74) is 2.27. The Kier molecular flexibility index (Phi) is 6.83. The number of tetrazole rings is 1. The van der Waals surface area contributed by atoms with Crippen molar-refractivity contribution in [2.45, 2.75) is 13.8 Å². The van der Waals surface area contributed by atoms with Crippen LogP contribution in [0.15, 0.2) is 57.6 Å². The third kappa shape index (κ3) is 4.68. The molecule has 0 saturated carbocycles. The summed E-state index contributed by atoms with van der Waals surface area (Å²) < 4.78 is 2.47. The van der Waals surface area contributed by atoms with E-state index in [0.717, 1.165) is 5.56 Å². The molecule has 0 radical (unpaired) electrons. The Labute approximate surface area is 178 Å². The van der Waals surface area contributed by atoms with Crippen LogP contribution in [-0.2, 0) is 16.7 Å². The van der Waals surface area contributed by atoms with Crippen LogP contribution in [0, 0.1) is 11.8 Å². The number of allylic oxidation sites excluding steroid dienone is 3. The van der Waals surface area contributed by atoms with E-state index in [1.165, 1.54) is 16.5 Å². The lowest BCUT2D eigenvalue weighted by Gasteiger charge is -2.25. The summed E-state index contributed by atoms with van der Waals surface area (Å²) in [6.07, 6.45) is 5.78. The fourth-order valence-corrected chi connectivity index (χ4v) is 3.21. The summed E-state index contributed by atoms with van der Waals surface area (Å²) >= 11 is 5.96. The molecule has 1 aliphatic carbocycles. The third-order valence-corrected chi connectivity index (χ3v) is 5.01. The first-order valence-electron chi connectivity index (χ1n) is 9.34. The molecular formula is C20H23ClN6O3. The lowest BCUT2D eigenvalue weighted by molar-refractivity contribution is 0.111. The molecule has 0 amide bonds. The number of rotatable bonds is 7. The number of oxime groups is 2. The van der Waals surface area contributed by atoms with Crippen molar-refractivity contribution in [2.24, 2.45) is 29.2 Å². The largest absolute Gasteiger partial charge is 0.399 e. The fourth-order valence-electron chi connectivity index (χ4n) is 3.08. The second kappa shape index (κ2) is 9.53. The predicted octanol–water partition coefficient (Wildman–Crippen LogP) is 2.74. The molecule has 1 heterocycles. The Balaban J connectivity index is 1.77. The molecule has 158 valence electrons. The molecule has 0 spiro atoms. The molecule has 2 atom stereocenters. The molecular weight excluding hydrogens is 408 g/mol. The second-order valence-corrected chi connectivity index (χ2v) is 7.28. The van der Waals surface area contributed by atoms with Gasteiger partial charge in [-0.1, -0.05) is 53.1 Å². The van der Waals surface area contributed by atoms with Gasteiger partial charge in [0, 0.05) is 23.6 Å². The lowest BCUT2D eigenvalue weighted by atomic mass is 9.88. The minimum atomic E-state index is -0.314. The minimum Gasteiger partial charge on any atom is -0.399 e. The van der Waals surface area contributed by atoms with E-state index in [1.54, 1.807) is 26.1 Å². The Morgan fingerprint density at radius 3 is 2.60 bits per heavy atom. The summed E-state index contributed by atoms with van der Waals surface area (Å²) in [4.78, 5) is 22.9. The number of nitrogens with zero attached hydrogens (tertiary/aromatic N) is 6. The Morgan fingerprint density at radius 2 is 1.97 bits per heavy atom. The Morgan fingerprint density at radius 1 is 1.23 bits per heavy atom. The van der Waals surface area contributed by atoms with Crippen molar-refractivity contribution < 1.29 is 9.68 Å². The smallest absolute Gasteiger partial charge is 0.367 e. The molecule has 2 unspecified atom stereocenters. The highest BCUT2D eigenvalue weighted by molar-refractivity contribution is 6.47. The SMILES string of the molecule is CO/N=C(\C(C)=N\OCC1C(n2nnn(C)c2=O)=CC=CC1C)c1ccc(Cl)cc1. The molecule has 1 aromatic carbocycles. The van der Waals surface area contributed by atoms with Gasteiger partial charge in [-0.05, 0) is 41.5 Å². The number of benzene rings is 1. The van der Waals surface area contributed by atoms with Gasteiger partial charge < -0.3 is 9.68 Å². The number of hydrogen-bond acceptors (Lipinski definition) is 7. The van der Waals surface area contributed by atoms with Gasteiger partial charge in [0.2, 0.25) is 0 Å². The zero-order valence-electron chi connectivity index (χ0n) is 17.2. The van der Waals surface area contributed by atoms with Crippen molar-refractivity contribution in [3.63, 3.8) is 0 Å². The molecule has 0 aliphatic heterocycles. The lowest BCUT2D eigenvalue weighted by Crippen LogP contribution is -2.30. The van der Waals surface area contributed by atoms with Gasteiger partial charge in [0.05, 0.1) is 5.70 Å². The number of hydrogen-bond donors (Lipinski definition) is 0. The first kappa shape index (κ1) is 21.5. The summed E-state index contributed by atoms with van der Waals surface area (Å²) in [6, 6.07) is 7.19. The average molecular weight is 431 g/mol. The molecule has 0 saturated heterocycles. The standard InChI is InChI=1S/C20H23ClN6O3/c1-13-6-5-7-18(27-20(28)26(3)24-25-27)17(13)12-30-22-14(2)19(23-29-4)15-8-10-16(21)11-9-15/h5-11,13,17H,12H2,1-4H3/b22-14+,23-19+. The van der Waals surface area contributed by atoms with E-state index in [-0.39, 0.29) is 24.1 Å². The predicted molar refractivity (Wildman–Crippen MR) is 115 cm³/mol. The van der Waals surface area contributed by atoms with E-state index < -0.39 is 0 Å². The van der Waals surface area contributed by atoms with Gasteiger partial charge in [-0.2, -0.15) is 9.36 Å². The van der Waals surface area contributed by atoms with Crippen LogP contribution >= 0.6 is 11.6 Å². The van der Waals surface area contributed by atoms with Crippen molar-refractivity contribution in [1.82, 2.24) is 19.8 Å². The van der Waals surface area contributed by atoms with E-state index in [2.05, 4.69) is 20.7 Å². The molecule has 1 aliphatic rings. The summed E-state index contributed by atoms with van der Waals surface area (Å²) in [6.45, 7) is 4.07. The van der Waals surface area contributed by atoms with E-state index in [1.807, 2.05) is 37.3 Å². The van der Waals surface area contributed by atoms with Crippen molar-refractivity contribution in [2.75, 3.05) is 13.7 Å². The number of aryl methyl sites for hydroxylation is 1. The monoisotopic (exact) mass is 430 g/mol. The molecule has 2 aromatic rings. The van der Waals surface area contributed by atoms with Crippen LogP contribution in [0.3, 0.4) is 0 Å². The van der Waals surface area contributed by atoms with Crippen molar-refractivity contribution in [3.05, 3.63) is 63.6 Å². The zero-order chi connectivity index (χ0) is 21.7. The third-order valence-electron chi connectivity index (χ3n) is 4.76. The van der Waals surface area contributed by atoms with Crippen LogP contribution in [-0.4, -0.2) is 44.9 Å². The van der Waals surface area contributed by atoms with Crippen LogP contribution < -0.4 is 5.69 Å². The van der Waals surface area contributed by atoms with Crippen LogP contribution in [0.5, 0.6) is 0 Å². The van der Waals surface area contributed by atoms with Gasteiger partial charge >= 0.3 is 5.69 Å². The fraction of sp³-hybridized carbons (Fsp3) is 0.350. The van der Waals surface area contributed by atoms with Crippen molar-refractivity contribution in [3.8, 4) is 0 Å². The molecule has 0 bridgehead atoms. The van der Waals surface area contributed by atoms with Gasteiger partial charge in [0.15, 0.2) is 0 Å². The van der Waals surface area contributed by atoms with Gasteiger partial charge in [-0.25, -0.2) is 4.79 Å². The van der Waals surface area contributed by atoms with Crippen LogP contribution in [0.2, 0.25) is 5.02 Å². The van der Waals surface area contributed by atoms with E-state index in [0.29, 0.717) is 22.1 Å². The Bertz CT molecular complexity index is 1060. The summed E-state index contributed by atoms with van der Waals surface area (Å²) in [5.74, 6) is -0.00270. The highest BCUT2D eigenvalue weighted by Gasteiger charge is 2.27. The normalized spacial score (nSPS) is 19.6. The number of aromatic nitrogens is 4. The van der Waals surface area contributed by atoms with E-state index >= 15 is 0 Å². The van der Waals surface area contributed by atoms with Gasteiger partial charge in [-0.15, -0.1) is 0 Å². The van der Waals surface area contributed by atoms with Crippen LogP contribution in [0.25, 0.3) is 5.70 Å². The first-order valence-corrected chi connectivity index (χ1v) is 9.72. The topological polar surface area (TPSA) is 95.9 Å². The van der Waals surface area contributed by atoms with E-state index in [4.69, 9.17) is 21.3 Å². The van der Waals surface area contributed by atoms with E-state index in [9.17, 15) is 4.79 Å². The molecule has 30 heavy (non-hydrogen) atoms. The van der Waals surface area contributed by atoms with Gasteiger partial charge in [-0.3, -0.25) is 0 Å². The minimum absolute atomic E-state index is 0.123. The number of halogens is 1. The molecule has 9 nitrogen and oxygen atoms in total. The molecule has 0 N–H and O–H groups in total. The van der Waals surface area contributed by atoms with Crippen LogP contribution in [0.4, 0.5) is 0 Å². The van der Waals surface area contributed by atoms with Crippen molar-refractivity contribution >= 4 is 28.7 Å². The summed E-state index contributed by atoms with van der Waals surface area (Å²) in [5, 5.41) is 16.6. The van der Waals surface area contributed by atoms with Gasteiger partial charge in [0.1, 0.15) is 25.1 Å². The zero-order valence-corrected chi connectivity index (χ0v) is 17.9. The molecule has 1 aromatic heterocycles. The molecule has 0 fully saturated rings. The Hall–Kier alpha value is -3.20. The molecule has 10 heteroatoms. The van der Waals surface area contributed by atoms with Crippen molar-refractivity contribution in [1.29, 1.82) is 0 Å². The quantitative estimate of drug-likeness (QED) is 0.497. The maximum Gasteiger partial charge on any atom is 0.367 e.